The minimum absolute atomic E-state index is 0.152. The average Bonchev–Trinajstić information content (AvgIpc) is 3.29. The fourth-order valence-corrected chi connectivity index (χ4v) is 2.61. The molecule has 1 aromatic carbocycles. The predicted molar refractivity (Wildman–Crippen MR) is 87.6 cm³/mol. The maximum atomic E-state index is 12.3. The van der Waals surface area contributed by atoms with Gasteiger partial charge in [-0.1, -0.05) is 18.2 Å². The maximum absolute atomic E-state index is 12.3. The number of fused-ring (bicyclic) bond motifs is 1. The number of nitrogens with one attached hydrogen (secondary N) is 1. The Bertz CT molecular complexity index is 702. The SMILES string of the molecule is Cc1c(C(=O)NCC(O)COCC2CC2)oc2c(C)cccc12. The van der Waals surface area contributed by atoms with Crippen LogP contribution in [0.3, 0.4) is 0 Å². The lowest BCUT2D eigenvalue weighted by Crippen LogP contribution is -2.34. The van der Waals surface area contributed by atoms with E-state index >= 15 is 0 Å². The summed E-state index contributed by atoms with van der Waals surface area (Å²) in [5.41, 5.74) is 2.56. The minimum Gasteiger partial charge on any atom is -0.450 e. The molecule has 5 heteroatoms. The molecule has 0 saturated heterocycles. The molecule has 3 rings (SSSR count). The van der Waals surface area contributed by atoms with E-state index in [-0.39, 0.29) is 19.1 Å². The Balaban J connectivity index is 1.57. The summed E-state index contributed by atoms with van der Waals surface area (Å²) < 4.78 is 11.1. The van der Waals surface area contributed by atoms with Gasteiger partial charge in [0.05, 0.1) is 12.7 Å². The van der Waals surface area contributed by atoms with Crippen molar-refractivity contribution in [3.8, 4) is 0 Å². The van der Waals surface area contributed by atoms with Crippen molar-refractivity contribution in [2.75, 3.05) is 19.8 Å². The quantitative estimate of drug-likeness (QED) is 0.823. The van der Waals surface area contributed by atoms with Crippen LogP contribution in [0.1, 0.15) is 34.5 Å². The highest BCUT2D eigenvalue weighted by Gasteiger charge is 2.22. The molecule has 1 atom stereocenters. The highest BCUT2D eigenvalue weighted by atomic mass is 16.5. The number of ether oxygens (including phenoxy) is 1. The number of rotatable bonds is 7. The van der Waals surface area contributed by atoms with Crippen molar-refractivity contribution >= 4 is 16.9 Å². The van der Waals surface area contributed by atoms with Gasteiger partial charge < -0.3 is 19.6 Å². The van der Waals surface area contributed by atoms with Crippen LogP contribution in [0, 0.1) is 19.8 Å². The van der Waals surface area contributed by atoms with Gasteiger partial charge in [0.15, 0.2) is 5.76 Å². The Hall–Kier alpha value is -1.85. The molecule has 124 valence electrons. The summed E-state index contributed by atoms with van der Waals surface area (Å²) in [6, 6.07) is 5.84. The van der Waals surface area contributed by atoms with E-state index in [9.17, 15) is 9.90 Å². The zero-order valence-electron chi connectivity index (χ0n) is 13.6. The van der Waals surface area contributed by atoms with Crippen LogP contribution < -0.4 is 5.32 Å². The number of carbonyl (C=O) groups excluding carboxylic acids is 1. The molecule has 1 aliphatic rings. The molecule has 0 radical (unpaired) electrons. The van der Waals surface area contributed by atoms with E-state index in [1.54, 1.807) is 0 Å². The number of aryl methyl sites for hydroxylation is 2. The third-order valence-corrected chi connectivity index (χ3v) is 4.23. The largest absolute Gasteiger partial charge is 0.450 e. The summed E-state index contributed by atoms with van der Waals surface area (Å²) >= 11 is 0. The van der Waals surface area contributed by atoms with Crippen molar-refractivity contribution in [3.63, 3.8) is 0 Å². The summed E-state index contributed by atoms with van der Waals surface area (Å²) in [5, 5.41) is 13.5. The number of carbonyl (C=O) groups is 1. The molecule has 1 amide bonds. The Labute approximate surface area is 135 Å². The molecule has 2 N–H and O–H groups in total. The van der Waals surface area contributed by atoms with Crippen LogP contribution in [0.15, 0.2) is 22.6 Å². The molecule has 1 heterocycles. The number of benzene rings is 1. The molecule has 23 heavy (non-hydrogen) atoms. The van der Waals surface area contributed by atoms with Crippen molar-refractivity contribution in [1.29, 1.82) is 0 Å². The molecule has 0 bridgehead atoms. The summed E-state index contributed by atoms with van der Waals surface area (Å²) in [5.74, 6) is 0.665. The smallest absolute Gasteiger partial charge is 0.287 e. The van der Waals surface area contributed by atoms with Gasteiger partial charge in [-0.05, 0) is 38.2 Å². The van der Waals surface area contributed by atoms with Gasteiger partial charge >= 0.3 is 0 Å². The Morgan fingerprint density at radius 2 is 2.22 bits per heavy atom. The van der Waals surface area contributed by atoms with Gasteiger partial charge in [-0.25, -0.2) is 0 Å². The summed E-state index contributed by atoms with van der Waals surface area (Å²) in [7, 11) is 0. The van der Waals surface area contributed by atoms with E-state index in [4.69, 9.17) is 9.15 Å². The normalized spacial score (nSPS) is 15.8. The second-order valence-corrected chi connectivity index (χ2v) is 6.35. The molecule has 1 unspecified atom stereocenters. The van der Waals surface area contributed by atoms with E-state index in [0.717, 1.165) is 22.1 Å². The first-order valence-corrected chi connectivity index (χ1v) is 8.09. The van der Waals surface area contributed by atoms with E-state index in [2.05, 4.69) is 5.32 Å². The standard InChI is InChI=1S/C18H23NO4/c1-11-4-3-5-15-12(2)17(23-16(11)15)18(21)19-8-14(20)10-22-9-13-6-7-13/h3-5,13-14,20H,6-10H2,1-2H3,(H,19,21). The highest BCUT2D eigenvalue weighted by Crippen LogP contribution is 2.29. The molecule has 0 spiro atoms. The predicted octanol–water partition coefficient (Wildman–Crippen LogP) is 2.57. The van der Waals surface area contributed by atoms with Crippen molar-refractivity contribution in [3.05, 3.63) is 35.1 Å². The van der Waals surface area contributed by atoms with Gasteiger partial charge in [0.1, 0.15) is 5.58 Å². The van der Waals surface area contributed by atoms with Gasteiger partial charge in [0.25, 0.3) is 5.91 Å². The maximum Gasteiger partial charge on any atom is 0.287 e. The summed E-state index contributed by atoms with van der Waals surface area (Å²) in [6.45, 7) is 4.92. The lowest BCUT2D eigenvalue weighted by molar-refractivity contribution is 0.0318. The van der Waals surface area contributed by atoms with Crippen molar-refractivity contribution in [2.24, 2.45) is 5.92 Å². The van der Waals surface area contributed by atoms with Gasteiger partial charge in [0.2, 0.25) is 0 Å². The van der Waals surface area contributed by atoms with Crippen LogP contribution in [-0.4, -0.2) is 36.9 Å². The number of hydrogen-bond donors (Lipinski definition) is 2. The first-order chi connectivity index (χ1) is 11.1. The van der Waals surface area contributed by atoms with Crippen LogP contribution in [0.4, 0.5) is 0 Å². The molecule has 1 aliphatic carbocycles. The van der Waals surface area contributed by atoms with Crippen molar-refractivity contribution in [2.45, 2.75) is 32.8 Å². The third kappa shape index (κ3) is 3.74. The van der Waals surface area contributed by atoms with Crippen LogP contribution in [0.5, 0.6) is 0 Å². The van der Waals surface area contributed by atoms with Crippen LogP contribution in [0.2, 0.25) is 0 Å². The Morgan fingerprint density at radius 1 is 1.43 bits per heavy atom. The van der Waals surface area contributed by atoms with Crippen LogP contribution in [0.25, 0.3) is 11.0 Å². The van der Waals surface area contributed by atoms with E-state index in [0.29, 0.717) is 18.3 Å². The fourth-order valence-electron chi connectivity index (χ4n) is 2.61. The zero-order chi connectivity index (χ0) is 16.4. The minimum atomic E-state index is -0.705. The molecule has 1 aromatic heterocycles. The second-order valence-electron chi connectivity index (χ2n) is 6.35. The molecule has 0 aliphatic heterocycles. The summed E-state index contributed by atoms with van der Waals surface area (Å²) in [4.78, 5) is 12.3. The van der Waals surface area contributed by atoms with Crippen LogP contribution in [-0.2, 0) is 4.74 Å². The number of para-hydroxylation sites is 1. The topological polar surface area (TPSA) is 71.7 Å². The Kier molecular flexibility index (Phi) is 4.68. The number of amides is 1. The van der Waals surface area contributed by atoms with Crippen molar-refractivity contribution in [1.82, 2.24) is 5.32 Å². The van der Waals surface area contributed by atoms with Crippen molar-refractivity contribution < 1.29 is 19.1 Å². The van der Waals surface area contributed by atoms with Gasteiger partial charge in [-0.3, -0.25) is 4.79 Å². The monoisotopic (exact) mass is 317 g/mol. The number of aliphatic hydroxyl groups is 1. The molecule has 1 saturated carbocycles. The number of hydrogen-bond acceptors (Lipinski definition) is 4. The van der Waals surface area contributed by atoms with Gasteiger partial charge in [-0.15, -0.1) is 0 Å². The van der Waals surface area contributed by atoms with E-state index in [1.165, 1.54) is 12.8 Å². The first kappa shape index (κ1) is 16.0. The van der Waals surface area contributed by atoms with E-state index < -0.39 is 6.10 Å². The average molecular weight is 317 g/mol. The molecule has 1 fully saturated rings. The molecule has 2 aromatic rings. The van der Waals surface area contributed by atoms with Gasteiger partial charge in [0, 0.05) is 24.1 Å². The lowest BCUT2D eigenvalue weighted by atomic mass is 10.1. The zero-order valence-corrected chi connectivity index (χ0v) is 13.6. The molecule has 5 nitrogen and oxygen atoms in total. The fraction of sp³-hybridized carbons (Fsp3) is 0.500. The first-order valence-electron chi connectivity index (χ1n) is 8.09. The third-order valence-electron chi connectivity index (χ3n) is 4.23. The second kappa shape index (κ2) is 6.72. The highest BCUT2D eigenvalue weighted by molar-refractivity contribution is 5.99. The van der Waals surface area contributed by atoms with E-state index in [1.807, 2.05) is 32.0 Å². The molecular weight excluding hydrogens is 294 g/mol. The van der Waals surface area contributed by atoms with Gasteiger partial charge in [-0.2, -0.15) is 0 Å². The summed E-state index contributed by atoms with van der Waals surface area (Å²) in [6.07, 6.45) is 1.74. The lowest BCUT2D eigenvalue weighted by Gasteiger charge is -2.11. The molecular formula is C18H23NO4. The number of furan rings is 1. The number of aliphatic hydroxyl groups excluding tert-OH is 1. The van der Waals surface area contributed by atoms with Crippen LogP contribution >= 0.6 is 0 Å². The Morgan fingerprint density at radius 3 is 2.91 bits per heavy atom.